The molecule has 0 spiro atoms. The van der Waals surface area contributed by atoms with E-state index in [1.165, 1.54) is 6.04 Å². The molecule has 22 heavy (non-hydrogen) atoms. The van der Waals surface area contributed by atoms with E-state index in [1.54, 1.807) is 0 Å². The Kier molecular flexibility index (Phi) is 6.36. The number of hydrogen-bond donors (Lipinski definition) is 0. The Morgan fingerprint density at radius 2 is 2.05 bits per heavy atom. The van der Waals surface area contributed by atoms with E-state index in [0.29, 0.717) is 6.73 Å². The third-order valence-electron chi connectivity index (χ3n) is 3.37. The zero-order chi connectivity index (χ0) is 16.3. The summed E-state index contributed by atoms with van der Waals surface area (Å²) in [5, 5.41) is 1.86. The molecule has 0 radical (unpaired) electrons. The van der Waals surface area contributed by atoms with Gasteiger partial charge in [0, 0.05) is 36.8 Å². The van der Waals surface area contributed by atoms with Crippen LogP contribution >= 0.6 is 43.5 Å². The minimum absolute atomic E-state index is 0.566. The third-order valence-corrected chi connectivity index (χ3v) is 5.76. The zero-order valence-corrected chi connectivity index (χ0v) is 17.9. The summed E-state index contributed by atoms with van der Waals surface area (Å²) in [5.41, 5.74) is 2.24. The Bertz CT molecular complexity index is 687. The van der Waals surface area contributed by atoms with Crippen molar-refractivity contribution in [3.05, 3.63) is 38.4 Å². The highest BCUT2D eigenvalue weighted by Gasteiger charge is 2.13. The smallest absolute Gasteiger partial charge is 0.122 e. The number of ether oxygens (including phenoxy) is 1. The van der Waals surface area contributed by atoms with Gasteiger partial charge >= 0.3 is 0 Å². The molecule has 0 unspecified atom stereocenters. The number of halogens is 3. The maximum Gasteiger partial charge on any atom is 0.122 e. The molecular weight excluding hydrogens is 446 g/mol. The van der Waals surface area contributed by atoms with Crippen molar-refractivity contribution >= 4 is 68.5 Å². The highest BCUT2D eigenvalue weighted by Crippen LogP contribution is 2.29. The summed E-state index contributed by atoms with van der Waals surface area (Å²) in [6.45, 7) is 8.46. The minimum atomic E-state index is -1.05. The predicted molar refractivity (Wildman–Crippen MR) is 107 cm³/mol. The van der Waals surface area contributed by atoms with Gasteiger partial charge in [0.1, 0.15) is 6.73 Å². The second kappa shape index (κ2) is 7.66. The first-order valence-electron chi connectivity index (χ1n) is 7.15. The molecule has 1 aromatic carbocycles. The van der Waals surface area contributed by atoms with Crippen molar-refractivity contribution in [2.75, 3.05) is 6.61 Å². The van der Waals surface area contributed by atoms with Gasteiger partial charge in [-0.15, -0.1) is 0 Å². The van der Waals surface area contributed by atoms with Crippen LogP contribution < -0.4 is 0 Å². The first-order valence-corrected chi connectivity index (χ1v) is 12.8. The van der Waals surface area contributed by atoms with E-state index in [0.717, 1.165) is 31.5 Å². The quantitative estimate of drug-likeness (QED) is 0.342. The van der Waals surface area contributed by atoms with Gasteiger partial charge in [-0.25, -0.2) is 0 Å². The Balaban J connectivity index is 2.21. The minimum Gasteiger partial charge on any atom is -0.361 e. The molecule has 0 saturated heterocycles. The molecule has 2 aromatic rings. The van der Waals surface area contributed by atoms with Gasteiger partial charge < -0.3 is 9.30 Å². The normalized spacial score (nSPS) is 11.9. The first-order chi connectivity index (χ1) is 10.3. The molecule has 0 bridgehead atoms. The summed E-state index contributed by atoms with van der Waals surface area (Å²) in [6, 6.07) is 7.13. The fourth-order valence-electron chi connectivity index (χ4n) is 2.18. The van der Waals surface area contributed by atoms with Crippen LogP contribution in [0.15, 0.2) is 27.8 Å². The highest BCUT2D eigenvalue weighted by atomic mass is 79.9. The Morgan fingerprint density at radius 3 is 2.68 bits per heavy atom. The maximum absolute atomic E-state index is 6.13. The SMILES string of the molecule is C[Si](C)(C)CCOCn1cc(C=C(Br)Br)c2cc(Cl)ccc21. The van der Waals surface area contributed by atoms with Crippen LogP contribution in [-0.4, -0.2) is 19.2 Å². The molecule has 2 nitrogen and oxygen atoms in total. The molecule has 1 aromatic heterocycles. The predicted octanol–water partition coefficient (Wildman–Crippen LogP) is 6.70. The van der Waals surface area contributed by atoms with Crippen LogP contribution in [0.25, 0.3) is 17.0 Å². The summed E-state index contributed by atoms with van der Waals surface area (Å²) in [6.07, 6.45) is 4.12. The third kappa shape index (κ3) is 5.23. The average Bonchev–Trinajstić information content (AvgIpc) is 2.70. The monoisotopic (exact) mass is 463 g/mol. The molecule has 2 rings (SSSR count). The largest absolute Gasteiger partial charge is 0.361 e. The first kappa shape index (κ1) is 18.3. The molecule has 0 aliphatic rings. The van der Waals surface area contributed by atoms with Crippen molar-refractivity contribution in [2.45, 2.75) is 32.4 Å². The lowest BCUT2D eigenvalue weighted by Crippen LogP contribution is -2.21. The molecule has 0 amide bonds. The molecule has 6 heteroatoms. The number of rotatable bonds is 6. The van der Waals surface area contributed by atoms with Gasteiger partial charge in [0.05, 0.1) is 8.91 Å². The topological polar surface area (TPSA) is 14.2 Å². The maximum atomic E-state index is 6.13. The standard InChI is InChI=1S/C16H20Br2ClNOSi/c1-22(2,3)7-6-21-11-20-10-12(8-16(17)18)14-9-13(19)4-5-15(14)20/h4-5,8-10H,6-7,11H2,1-3H3. The van der Waals surface area contributed by atoms with E-state index in [4.69, 9.17) is 16.3 Å². The summed E-state index contributed by atoms with van der Waals surface area (Å²) >= 11 is 13.0. The summed E-state index contributed by atoms with van der Waals surface area (Å²) in [5.74, 6) is 0. The van der Waals surface area contributed by atoms with Crippen LogP contribution in [0.5, 0.6) is 0 Å². The van der Waals surface area contributed by atoms with Gasteiger partial charge in [-0.1, -0.05) is 31.2 Å². The average molecular weight is 466 g/mol. The van der Waals surface area contributed by atoms with Crippen molar-refractivity contribution in [2.24, 2.45) is 0 Å². The van der Waals surface area contributed by atoms with Crippen molar-refractivity contribution in [3.8, 4) is 0 Å². The summed E-state index contributed by atoms with van der Waals surface area (Å²) in [4.78, 5) is 0. The second-order valence-electron chi connectivity index (χ2n) is 6.50. The van der Waals surface area contributed by atoms with Crippen LogP contribution in [0.2, 0.25) is 30.7 Å². The Hall–Kier alpha value is -0.0731. The van der Waals surface area contributed by atoms with Crippen molar-refractivity contribution in [3.63, 3.8) is 0 Å². The fourth-order valence-corrected chi connectivity index (χ4v) is 3.60. The molecular formula is C16H20Br2ClNOSi. The second-order valence-corrected chi connectivity index (χ2v) is 15.3. The van der Waals surface area contributed by atoms with E-state index >= 15 is 0 Å². The molecule has 1 heterocycles. The number of fused-ring (bicyclic) bond motifs is 1. The number of aromatic nitrogens is 1. The number of benzene rings is 1. The molecule has 0 aliphatic carbocycles. The zero-order valence-electron chi connectivity index (χ0n) is 13.0. The van der Waals surface area contributed by atoms with E-state index < -0.39 is 8.07 Å². The lowest BCUT2D eigenvalue weighted by Gasteiger charge is -2.15. The van der Waals surface area contributed by atoms with Crippen molar-refractivity contribution in [1.82, 2.24) is 4.57 Å². The number of nitrogens with zero attached hydrogens (tertiary/aromatic N) is 1. The van der Waals surface area contributed by atoms with Gasteiger partial charge in [-0.05, 0) is 62.2 Å². The molecule has 0 aliphatic heterocycles. The molecule has 0 fully saturated rings. The van der Waals surface area contributed by atoms with E-state index in [-0.39, 0.29) is 0 Å². The molecule has 0 N–H and O–H groups in total. The van der Waals surface area contributed by atoms with Crippen LogP contribution in [0.4, 0.5) is 0 Å². The molecule has 0 atom stereocenters. The van der Waals surface area contributed by atoms with Crippen molar-refractivity contribution in [1.29, 1.82) is 0 Å². The van der Waals surface area contributed by atoms with Gasteiger partial charge in [0.15, 0.2) is 0 Å². The van der Waals surface area contributed by atoms with Crippen LogP contribution in [-0.2, 0) is 11.5 Å². The van der Waals surface area contributed by atoms with E-state index in [2.05, 4.69) is 62.3 Å². The fraction of sp³-hybridized carbons (Fsp3) is 0.375. The molecule has 120 valence electrons. The Labute approximate surface area is 154 Å². The molecule has 0 saturated carbocycles. The van der Waals surface area contributed by atoms with Crippen LogP contribution in [0.3, 0.4) is 0 Å². The Morgan fingerprint density at radius 1 is 1.32 bits per heavy atom. The lowest BCUT2D eigenvalue weighted by molar-refractivity contribution is 0.0902. The van der Waals surface area contributed by atoms with E-state index in [1.807, 2.05) is 24.3 Å². The van der Waals surface area contributed by atoms with Gasteiger partial charge in [0.2, 0.25) is 0 Å². The van der Waals surface area contributed by atoms with Crippen LogP contribution in [0.1, 0.15) is 5.56 Å². The van der Waals surface area contributed by atoms with Crippen molar-refractivity contribution < 1.29 is 4.74 Å². The van der Waals surface area contributed by atoms with Crippen LogP contribution in [0, 0.1) is 0 Å². The van der Waals surface area contributed by atoms with Gasteiger partial charge in [-0.2, -0.15) is 0 Å². The summed E-state index contributed by atoms with van der Waals surface area (Å²) < 4.78 is 8.90. The summed E-state index contributed by atoms with van der Waals surface area (Å²) in [7, 11) is -1.05. The highest BCUT2D eigenvalue weighted by molar-refractivity contribution is 9.28. The lowest BCUT2D eigenvalue weighted by atomic mass is 10.2. The number of hydrogen-bond acceptors (Lipinski definition) is 1. The van der Waals surface area contributed by atoms with Gasteiger partial charge in [0.25, 0.3) is 0 Å². The van der Waals surface area contributed by atoms with E-state index in [9.17, 15) is 0 Å². The van der Waals surface area contributed by atoms with Gasteiger partial charge in [-0.3, -0.25) is 0 Å².